The second-order valence-corrected chi connectivity index (χ2v) is 6.28. The molecular formula is C18H28N2O. The Morgan fingerprint density at radius 1 is 1.38 bits per heavy atom. The first-order chi connectivity index (χ1) is 10.1. The van der Waals surface area contributed by atoms with Crippen molar-refractivity contribution in [2.24, 2.45) is 11.7 Å². The molecule has 0 saturated carbocycles. The van der Waals surface area contributed by atoms with Crippen LogP contribution in [-0.4, -0.2) is 23.4 Å². The van der Waals surface area contributed by atoms with E-state index >= 15 is 0 Å². The van der Waals surface area contributed by atoms with Crippen LogP contribution in [-0.2, 0) is 4.79 Å². The van der Waals surface area contributed by atoms with Gasteiger partial charge < -0.3 is 10.6 Å². The highest BCUT2D eigenvalue weighted by atomic mass is 16.2. The summed E-state index contributed by atoms with van der Waals surface area (Å²) < 4.78 is 0. The van der Waals surface area contributed by atoms with Crippen LogP contribution in [0.25, 0.3) is 0 Å². The Labute approximate surface area is 128 Å². The molecule has 21 heavy (non-hydrogen) atoms. The number of piperidine rings is 1. The van der Waals surface area contributed by atoms with Crippen molar-refractivity contribution in [1.82, 2.24) is 4.90 Å². The number of hydrogen-bond donors (Lipinski definition) is 1. The third kappa shape index (κ3) is 4.07. The van der Waals surface area contributed by atoms with Gasteiger partial charge in [0.25, 0.3) is 0 Å². The largest absolute Gasteiger partial charge is 0.339 e. The number of amides is 1. The summed E-state index contributed by atoms with van der Waals surface area (Å²) in [6.45, 7) is 5.37. The zero-order chi connectivity index (χ0) is 15.2. The number of benzene rings is 1. The van der Waals surface area contributed by atoms with Gasteiger partial charge in [-0.3, -0.25) is 4.79 Å². The normalized spacial score (nSPS) is 23.9. The first-order valence-electron chi connectivity index (χ1n) is 8.23. The topological polar surface area (TPSA) is 46.3 Å². The van der Waals surface area contributed by atoms with Crippen molar-refractivity contribution in [3.05, 3.63) is 35.9 Å². The Morgan fingerprint density at radius 3 is 2.76 bits per heavy atom. The average molecular weight is 288 g/mol. The first kappa shape index (κ1) is 16.0. The van der Waals surface area contributed by atoms with E-state index < -0.39 is 0 Å². The summed E-state index contributed by atoms with van der Waals surface area (Å²) in [6, 6.07) is 10.1. The minimum atomic E-state index is -0.196. The molecule has 1 heterocycles. The summed E-state index contributed by atoms with van der Waals surface area (Å²) in [5, 5.41) is 0. The SMILES string of the molecule is CCCC1C(C)CCCN1C(=O)CC(N)c1ccccc1. The van der Waals surface area contributed by atoms with Gasteiger partial charge in [0.2, 0.25) is 5.91 Å². The summed E-state index contributed by atoms with van der Waals surface area (Å²) in [6.07, 6.45) is 5.00. The highest BCUT2D eigenvalue weighted by molar-refractivity contribution is 5.77. The van der Waals surface area contributed by atoms with Crippen LogP contribution < -0.4 is 5.73 Å². The number of likely N-dealkylation sites (tertiary alicyclic amines) is 1. The third-order valence-electron chi connectivity index (χ3n) is 4.64. The van der Waals surface area contributed by atoms with Crippen molar-refractivity contribution in [2.45, 2.75) is 58.0 Å². The maximum atomic E-state index is 12.7. The predicted molar refractivity (Wildman–Crippen MR) is 86.8 cm³/mol. The molecule has 3 heteroatoms. The van der Waals surface area contributed by atoms with Crippen LogP contribution in [0.4, 0.5) is 0 Å². The van der Waals surface area contributed by atoms with Crippen LogP contribution in [0.3, 0.4) is 0 Å². The number of carbonyl (C=O) groups excluding carboxylic acids is 1. The minimum absolute atomic E-state index is 0.196. The Kier molecular flexibility index (Phi) is 5.80. The van der Waals surface area contributed by atoms with Gasteiger partial charge in [0.05, 0.1) is 0 Å². The summed E-state index contributed by atoms with van der Waals surface area (Å²) in [5.74, 6) is 0.826. The van der Waals surface area contributed by atoms with Gasteiger partial charge in [-0.25, -0.2) is 0 Å². The van der Waals surface area contributed by atoms with Gasteiger partial charge in [-0.15, -0.1) is 0 Å². The van der Waals surface area contributed by atoms with Crippen molar-refractivity contribution >= 4 is 5.91 Å². The second-order valence-electron chi connectivity index (χ2n) is 6.28. The van der Waals surface area contributed by atoms with Crippen molar-refractivity contribution < 1.29 is 4.79 Å². The summed E-state index contributed by atoms with van der Waals surface area (Å²) in [4.78, 5) is 14.8. The zero-order valence-electron chi connectivity index (χ0n) is 13.3. The molecule has 0 aromatic heterocycles. The molecule has 3 nitrogen and oxygen atoms in total. The van der Waals surface area contributed by atoms with E-state index in [9.17, 15) is 4.79 Å². The van der Waals surface area contributed by atoms with E-state index in [4.69, 9.17) is 5.73 Å². The van der Waals surface area contributed by atoms with E-state index in [2.05, 4.69) is 18.7 Å². The first-order valence-corrected chi connectivity index (χ1v) is 8.23. The van der Waals surface area contributed by atoms with Gasteiger partial charge in [0.15, 0.2) is 0 Å². The van der Waals surface area contributed by atoms with Gasteiger partial charge in [-0.1, -0.05) is 50.6 Å². The second kappa shape index (κ2) is 7.60. The van der Waals surface area contributed by atoms with Crippen molar-refractivity contribution in [3.8, 4) is 0 Å². The van der Waals surface area contributed by atoms with Crippen molar-refractivity contribution in [1.29, 1.82) is 0 Å². The van der Waals surface area contributed by atoms with Gasteiger partial charge >= 0.3 is 0 Å². The molecule has 1 amide bonds. The lowest BCUT2D eigenvalue weighted by molar-refractivity contribution is -0.137. The van der Waals surface area contributed by atoms with E-state index in [0.29, 0.717) is 18.4 Å². The Hall–Kier alpha value is -1.35. The molecule has 2 N–H and O–H groups in total. The molecule has 0 aliphatic carbocycles. The lowest BCUT2D eigenvalue weighted by Crippen LogP contribution is -2.48. The van der Waals surface area contributed by atoms with Gasteiger partial charge in [0, 0.05) is 25.0 Å². The van der Waals surface area contributed by atoms with Gasteiger partial charge in [0.1, 0.15) is 0 Å². The number of carbonyl (C=O) groups is 1. The van der Waals surface area contributed by atoms with Crippen LogP contribution in [0, 0.1) is 5.92 Å². The maximum absolute atomic E-state index is 12.7. The molecule has 0 spiro atoms. The van der Waals surface area contributed by atoms with Crippen LogP contribution >= 0.6 is 0 Å². The molecule has 1 aliphatic rings. The Morgan fingerprint density at radius 2 is 2.10 bits per heavy atom. The van der Waals surface area contributed by atoms with Crippen molar-refractivity contribution in [2.75, 3.05) is 6.54 Å². The fraction of sp³-hybridized carbons (Fsp3) is 0.611. The fourth-order valence-corrected chi connectivity index (χ4v) is 3.42. The number of nitrogens with zero attached hydrogens (tertiary/aromatic N) is 1. The molecule has 2 rings (SSSR count). The van der Waals surface area contributed by atoms with Crippen LogP contribution in [0.2, 0.25) is 0 Å². The molecule has 0 bridgehead atoms. The highest BCUT2D eigenvalue weighted by Gasteiger charge is 2.31. The van der Waals surface area contributed by atoms with E-state index in [1.54, 1.807) is 0 Å². The lowest BCUT2D eigenvalue weighted by atomic mass is 9.87. The number of hydrogen-bond acceptors (Lipinski definition) is 2. The van der Waals surface area contributed by atoms with E-state index in [0.717, 1.165) is 31.4 Å². The zero-order valence-corrected chi connectivity index (χ0v) is 13.3. The summed E-state index contributed by atoms with van der Waals surface area (Å²) >= 11 is 0. The smallest absolute Gasteiger partial charge is 0.224 e. The van der Waals surface area contributed by atoms with E-state index in [1.165, 1.54) is 6.42 Å². The molecule has 1 aromatic carbocycles. The fourth-order valence-electron chi connectivity index (χ4n) is 3.42. The lowest BCUT2D eigenvalue weighted by Gasteiger charge is -2.40. The molecule has 1 fully saturated rings. The standard InChI is InChI=1S/C18H28N2O/c1-3-8-17-14(2)9-7-12-20(17)18(21)13-16(19)15-10-5-4-6-11-15/h4-6,10-11,14,16-17H,3,7-9,12-13,19H2,1-2H3. The molecule has 1 aromatic rings. The third-order valence-corrected chi connectivity index (χ3v) is 4.64. The van der Waals surface area contributed by atoms with Gasteiger partial charge in [-0.2, -0.15) is 0 Å². The van der Waals surface area contributed by atoms with Crippen LogP contribution in [0.5, 0.6) is 0 Å². The van der Waals surface area contributed by atoms with Gasteiger partial charge in [-0.05, 0) is 30.7 Å². The summed E-state index contributed by atoms with van der Waals surface area (Å²) in [5.41, 5.74) is 7.25. The van der Waals surface area contributed by atoms with E-state index in [-0.39, 0.29) is 11.9 Å². The molecule has 3 unspecified atom stereocenters. The molecule has 0 radical (unpaired) electrons. The average Bonchev–Trinajstić information content (AvgIpc) is 2.50. The maximum Gasteiger partial charge on any atom is 0.224 e. The minimum Gasteiger partial charge on any atom is -0.339 e. The van der Waals surface area contributed by atoms with Crippen molar-refractivity contribution in [3.63, 3.8) is 0 Å². The van der Waals surface area contributed by atoms with Crippen LogP contribution in [0.1, 0.15) is 57.6 Å². The molecule has 1 aliphatic heterocycles. The summed E-state index contributed by atoms with van der Waals surface area (Å²) in [7, 11) is 0. The number of nitrogens with two attached hydrogens (primary N) is 1. The molecular weight excluding hydrogens is 260 g/mol. The van der Waals surface area contributed by atoms with Crippen LogP contribution in [0.15, 0.2) is 30.3 Å². The Balaban J connectivity index is 2.01. The predicted octanol–water partition coefficient (Wildman–Crippen LogP) is 3.50. The molecule has 1 saturated heterocycles. The van der Waals surface area contributed by atoms with E-state index in [1.807, 2.05) is 30.3 Å². The monoisotopic (exact) mass is 288 g/mol. The number of rotatable bonds is 5. The molecule has 3 atom stereocenters. The molecule has 116 valence electrons. The highest BCUT2D eigenvalue weighted by Crippen LogP contribution is 2.28. The quantitative estimate of drug-likeness (QED) is 0.901. The Bertz CT molecular complexity index is 446.